The molecule has 0 saturated carbocycles. The number of amides is 1. The molecule has 0 aromatic heterocycles. The first-order valence-corrected chi connectivity index (χ1v) is 7.80. The molecular formula is C19H24N2O2. The van der Waals surface area contributed by atoms with Gasteiger partial charge in [0.25, 0.3) is 5.91 Å². The van der Waals surface area contributed by atoms with Gasteiger partial charge in [-0.2, -0.15) is 0 Å². The van der Waals surface area contributed by atoms with Crippen molar-refractivity contribution in [1.29, 1.82) is 0 Å². The van der Waals surface area contributed by atoms with Crippen LogP contribution in [0.15, 0.2) is 42.5 Å². The molecule has 0 aliphatic rings. The second-order valence-electron chi connectivity index (χ2n) is 6.05. The Morgan fingerprint density at radius 3 is 2.35 bits per heavy atom. The van der Waals surface area contributed by atoms with Crippen molar-refractivity contribution in [2.24, 2.45) is 0 Å². The number of ether oxygens (including phenoxy) is 1. The number of benzene rings is 2. The van der Waals surface area contributed by atoms with Crippen molar-refractivity contribution in [3.05, 3.63) is 53.6 Å². The van der Waals surface area contributed by atoms with Crippen LogP contribution in [0.3, 0.4) is 0 Å². The fourth-order valence-corrected chi connectivity index (χ4v) is 2.20. The molecule has 122 valence electrons. The topological polar surface area (TPSA) is 64.3 Å². The summed E-state index contributed by atoms with van der Waals surface area (Å²) in [5, 5.41) is 2.86. The van der Waals surface area contributed by atoms with E-state index in [4.69, 9.17) is 10.5 Å². The van der Waals surface area contributed by atoms with Gasteiger partial charge in [0.05, 0.1) is 0 Å². The Kier molecular flexibility index (Phi) is 5.27. The van der Waals surface area contributed by atoms with Crippen LogP contribution in [0.4, 0.5) is 11.4 Å². The number of aryl methyl sites for hydroxylation is 1. The molecule has 1 amide bonds. The zero-order valence-corrected chi connectivity index (χ0v) is 14.1. The molecule has 0 radical (unpaired) electrons. The molecule has 4 nitrogen and oxygen atoms in total. The standard InChI is InChI=1S/C19H24N2O2/c1-12(2)15-6-9-17(10-7-15)23-14(4)19(22)21-18-11-16(20)8-5-13(18)3/h5-12,14H,20H2,1-4H3,(H,21,22). The Labute approximate surface area is 137 Å². The average Bonchev–Trinajstić information content (AvgIpc) is 2.51. The molecular weight excluding hydrogens is 288 g/mol. The van der Waals surface area contributed by atoms with E-state index in [0.717, 1.165) is 5.56 Å². The van der Waals surface area contributed by atoms with E-state index >= 15 is 0 Å². The lowest BCUT2D eigenvalue weighted by Gasteiger charge is -2.16. The maximum absolute atomic E-state index is 12.3. The van der Waals surface area contributed by atoms with Gasteiger partial charge in [0, 0.05) is 11.4 Å². The Morgan fingerprint density at radius 1 is 1.09 bits per heavy atom. The maximum atomic E-state index is 12.3. The van der Waals surface area contributed by atoms with Gasteiger partial charge in [0.2, 0.25) is 0 Å². The monoisotopic (exact) mass is 312 g/mol. The number of nitrogens with one attached hydrogen (secondary N) is 1. The number of hydrogen-bond donors (Lipinski definition) is 2. The molecule has 4 heteroatoms. The van der Waals surface area contributed by atoms with Crippen LogP contribution < -0.4 is 15.8 Å². The highest BCUT2D eigenvalue weighted by Crippen LogP contribution is 2.21. The van der Waals surface area contributed by atoms with E-state index in [-0.39, 0.29) is 5.91 Å². The first kappa shape index (κ1) is 16.9. The van der Waals surface area contributed by atoms with Gasteiger partial charge in [0.15, 0.2) is 6.10 Å². The minimum atomic E-state index is -0.597. The van der Waals surface area contributed by atoms with E-state index in [2.05, 4.69) is 19.2 Å². The van der Waals surface area contributed by atoms with Crippen molar-refractivity contribution in [3.8, 4) is 5.75 Å². The van der Waals surface area contributed by atoms with Crippen molar-refractivity contribution in [3.63, 3.8) is 0 Å². The summed E-state index contributed by atoms with van der Waals surface area (Å²) in [6, 6.07) is 13.3. The summed E-state index contributed by atoms with van der Waals surface area (Å²) >= 11 is 0. The van der Waals surface area contributed by atoms with Crippen LogP contribution in [0.2, 0.25) is 0 Å². The summed E-state index contributed by atoms with van der Waals surface area (Å²) in [5.41, 5.74) is 9.28. The third-order valence-electron chi connectivity index (χ3n) is 3.75. The number of rotatable bonds is 5. The van der Waals surface area contributed by atoms with E-state index in [0.29, 0.717) is 23.0 Å². The summed E-state index contributed by atoms with van der Waals surface area (Å²) in [7, 11) is 0. The first-order valence-electron chi connectivity index (χ1n) is 7.80. The molecule has 2 rings (SSSR count). The molecule has 0 aliphatic carbocycles. The largest absolute Gasteiger partial charge is 0.481 e. The molecule has 2 aromatic rings. The molecule has 3 N–H and O–H groups in total. The Balaban J connectivity index is 2.01. The van der Waals surface area contributed by atoms with Crippen molar-refractivity contribution < 1.29 is 9.53 Å². The highest BCUT2D eigenvalue weighted by atomic mass is 16.5. The van der Waals surface area contributed by atoms with Crippen molar-refractivity contribution in [1.82, 2.24) is 0 Å². The normalized spacial score (nSPS) is 12.0. The molecule has 0 heterocycles. The predicted molar refractivity (Wildman–Crippen MR) is 94.8 cm³/mol. The van der Waals surface area contributed by atoms with Gasteiger partial charge >= 0.3 is 0 Å². The van der Waals surface area contributed by atoms with Gasteiger partial charge in [-0.15, -0.1) is 0 Å². The highest BCUT2D eigenvalue weighted by Gasteiger charge is 2.16. The molecule has 2 aromatic carbocycles. The van der Waals surface area contributed by atoms with Crippen LogP contribution in [-0.4, -0.2) is 12.0 Å². The summed E-state index contributed by atoms with van der Waals surface area (Å²) in [4.78, 5) is 12.3. The Morgan fingerprint density at radius 2 is 1.74 bits per heavy atom. The van der Waals surface area contributed by atoms with E-state index in [9.17, 15) is 4.79 Å². The van der Waals surface area contributed by atoms with E-state index in [1.165, 1.54) is 5.56 Å². The van der Waals surface area contributed by atoms with Gasteiger partial charge in [-0.05, 0) is 55.2 Å². The summed E-state index contributed by atoms with van der Waals surface area (Å²) in [5.74, 6) is 0.948. The van der Waals surface area contributed by atoms with Gasteiger partial charge in [-0.25, -0.2) is 0 Å². The molecule has 1 unspecified atom stereocenters. The first-order chi connectivity index (χ1) is 10.9. The zero-order chi connectivity index (χ0) is 17.0. The number of carbonyl (C=O) groups is 1. The predicted octanol–water partition coefficient (Wildman–Crippen LogP) is 4.11. The van der Waals surface area contributed by atoms with E-state index < -0.39 is 6.10 Å². The number of carbonyl (C=O) groups excluding carboxylic acids is 1. The molecule has 0 fully saturated rings. The highest BCUT2D eigenvalue weighted by molar-refractivity contribution is 5.95. The molecule has 23 heavy (non-hydrogen) atoms. The summed E-state index contributed by atoms with van der Waals surface area (Å²) in [6.07, 6.45) is -0.597. The quantitative estimate of drug-likeness (QED) is 0.817. The lowest BCUT2D eigenvalue weighted by molar-refractivity contribution is -0.122. The van der Waals surface area contributed by atoms with Gasteiger partial charge < -0.3 is 15.8 Å². The lowest BCUT2D eigenvalue weighted by atomic mass is 10.0. The SMILES string of the molecule is Cc1ccc(N)cc1NC(=O)C(C)Oc1ccc(C(C)C)cc1. The minimum Gasteiger partial charge on any atom is -0.481 e. The third-order valence-corrected chi connectivity index (χ3v) is 3.75. The molecule has 1 atom stereocenters. The fourth-order valence-electron chi connectivity index (χ4n) is 2.20. The lowest BCUT2D eigenvalue weighted by Crippen LogP contribution is -2.30. The minimum absolute atomic E-state index is 0.202. The molecule has 0 saturated heterocycles. The smallest absolute Gasteiger partial charge is 0.265 e. The van der Waals surface area contributed by atoms with Crippen LogP contribution in [0.1, 0.15) is 37.8 Å². The fraction of sp³-hybridized carbons (Fsp3) is 0.316. The second-order valence-corrected chi connectivity index (χ2v) is 6.05. The van der Waals surface area contributed by atoms with E-state index in [1.54, 1.807) is 19.1 Å². The van der Waals surface area contributed by atoms with Gasteiger partial charge in [0.1, 0.15) is 5.75 Å². The zero-order valence-electron chi connectivity index (χ0n) is 14.1. The molecule has 0 bridgehead atoms. The number of anilines is 2. The van der Waals surface area contributed by atoms with Crippen LogP contribution in [-0.2, 0) is 4.79 Å². The summed E-state index contributed by atoms with van der Waals surface area (Å²) < 4.78 is 5.71. The van der Waals surface area contributed by atoms with Gasteiger partial charge in [-0.1, -0.05) is 32.0 Å². The number of hydrogen-bond acceptors (Lipinski definition) is 3. The van der Waals surface area contributed by atoms with Crippen molar-refractivity contribution in [2.45, 2.75) is 39.7 Å². The third kappa shape index (κ3) is 4.49. The molecule has 0 spiro atoms. The van der Waals surface area contributed by atoms with Crippen LogP contribution >= 0.6 is 0 Å². The number of nitrogens with two attached hydrogens (primary N) is 1. The second kappa shape index (κ2) is 7.18. The maximum Gasteiger partial charge on any atom is 0.265 e. The van der Waals surface area contributed by atoms with Crippen LogP contribution in [0.25, 0.3) is 0 Å². The van der Waals surface area contributed by atoms with Gasteiger partial charge in [-0.3, -0.25) is 4.79 Å². The average molecular weight is 312 g/mol. The Hall–Kier alpha value is -2.49. The molecule has 0 aliphatic heterocycles. The number of nitrogen functional groups attached to an aromatic ring is 1. The Bertz CT molecular complexity index is 678. The van der Waals surface area contributed by atoms with Crippen molar-refractivity contribution in [2.75, 3.05) is 11.1 Å². The van der Waals surface area contributed by atoms with Crippen LogP contribution in [0.5, 0.6) is 5.75 Å². The summed E-state index contributed by atoms with van der Waals surface area (Å²) in [6.45, 7) is 7.93. The van der Waals surface area contributed by atoms with Crippen LogP contribution in [0, 0.1) is 6.92 Å². The van der Waals surface area contributed by atoms with E-state index in [1.807, 2.05) is 37.3 Å². The van der Waals surface area contributed by atoms with Crippen molar-refractivity contribution >= 4 is 17.3 Å².